The molecule has 0 spiro atoms. The molecule has 19 heavy (non-hydrogen) atoms. The van der Waals surface area contributed by atoms with Gasteiger partial charge in [0.25, 0.3) is 5.56 Å². The second kappa shape index (κ2) is 5.29. The maximum Gasteiger partial charge on any atom is 0.337 e. The molecule has 5 nitrogen and oxygen atoms in total. The smallest absolute Gasteiger partial charge is 0.337 e. The number of rotatable bonds is 4. The van der Waals surface area contributed by atoms with Crippen molar-refractivity contribution in [2.75, 3.05) is 0 Å². The summed E-state index contributed by atoms with van der Waals surface area (Å²) in [5.41, 5.74) is -0.739. The average Bonchev–Trinajstić information content (AvgIpc) is 2.26. The van der Waals surface area contributed by atoms with Gasteiger partial charge < -0.3 is 9.40 Å². The lowest BCUT2D eigenvalue weighted by atomic mass is 10.1. The van der Waals surface area contributed by atoms with Crippen molar-refractivity contribution in [1.82, 2.24) is 9.97 Å². The number of nitrogens with zero attached hydrogens (tertiary/aromatic N) is 1. The minimum atomic E-state index is -2.40. The van der Waals surface area contributed by atoms with Gasteiger partial charge >= 0.3 is 5.63 Å². The van der Waals surface area contributed by atoms with Gasteiger partial charge in [-0.1, -0.05) is 0 Å². The summed E-state index contributed by atoms with van der Waals surface area (Å²) in [5, 5.41) is 0.152. The van der Waals surface area contributed by atoms with Crippen molar-refractivity contribution in [3.05, 3.63) is 38.2 Å². The van der Waals surface area contributed by atoms with Gasteiger partial charge in [-0.3, -0.25) is 4.79 Å². The molecule has 0 amide bonds. The summed E-state index contributed by atoms with van der Waals surface area (Å²) >= 11 is 0. The number of aromatic nitrogens is 2. The Labute approximate surface area is 106 Å². The van der Waals surface area contributed by atoms with E-state index in [0.29, 0.717) is 11.4 Å². The summed E-state index contributed by atoms with van der Waals surface area (Å²) in [7, 11) is 0. The van der Waals surface area contributed by atoms with E-state index in [4.69, 9.17) is 4.42 Å². The Bertz CT molecular complexity index is 706. The van der Waals surface area contributed by atoms with Crippen LogP contribution in [0.5, 0.6) is 0 Å². The molecule has 7 heteroatoms. The van der Waals surface area contributed by atoms with Gasteiger partial charge in [0.2, 0.25) is 12.1 Å². The van der Waals surface area contributed by atoms with E-state index in [2.05, 4.69) is 9.97 Å². The standard InChI is InChI=1S/C12H12F2N2O3/c1-6-15-11(18)10-7(3-2-4-8(13)14)5-9(17)19-12(10)16-6/h5,8H,2-4H2,1H3,(H,15,16,18). The summed E-state index contributed by atoms with van der Waals surface area (Å²) < 4.78 is 29.1. The Kier molecular flexibility index (Phi) is 3.73. The van der Waals surface area contributed by atoms with Crippen LogP contribution in [-0.2, 0) is 6.42 Å². The van der Waals surface area contributed by atoms with Crippen LogP contribution < -0.4 is 11.2 Å². The third-order valence-electron chi connectivity index (χ3n) is 2.68. The molecule has 0 saturated carbocycles. The van der Waals surface area contributed by atoms with E-state index in [1.54, 1.807) is 6.92 Å². The number of hydrogen-bond donors (Lipinski definition) is 1. The molecule has 0 fully saturated rings. The van der Waals surface area contributed by atoms with Crippen LogP contribution in [-0.4, -0.2) is 16.4 Å². The molecule has 0 bridgehead atoms. The zero-order chi connectivity index (χ0) is 14.0. The summed E-state index contributed by atoms with van der Waals surface area (Å²) in [4.78, 5) is 29.6. The Morgan fingerprint density at radius 2 is 2.16 bits per heavy atom. The molecule has 2 aromatic heterocycles. The van der Waals surface area contributed by atoms with Crippen molar-refractivity contribution in [1.29, 1.82) is 0 Å². The first kappa shape index (κ1) is 13.4. The second-order valence-electron chi connectivity index (χ2n) is 4.21. The topological polar surface area (TPSA) is 76.0 Å². The number of aryl methyl sites for hydroxylation is 2. The van der Waals surface area contributed by atoms with Crippen molar-refractivity contribution < 1.29 is 13.2 Å². The number of alkyl halides is 2. The largest absolute Gasteiger partial charge is 0.403 e. The van der Waals surface area contributed by atoms with Crippen LogP contribution in [0.4, 0.5) is 8.78 Å². The van der Waals surface area contributed by atoms with Crippen LogP contribution in [0.1, 0.15) is 24.2 Å². The summed E-state index contributed by atoms with van der Waals surface area (Å²) in [6, 6.07) is 1.15. The van der Waals surface area contributed by atoms with Crippen molar-refractivity contribution in [2.45, 2.75) is 32.6 Å². The number of halogens is 2. The van der Waals surface area contributed by atoms with Crippen LogP contribution in [0.15, 0.2) is 20.1 Å². The van der Waals surface area contributed by atoms with Gasteiger partial charge in [0.15, 0.2) is 0 Å². The Hall–Kier alpha value is -2.05. The molecule has 0 aliphatic rings. The number of aromatic amines is 1. The van der Waals surface area contributed by atoms with Gasteiger partial charge in [-0.2, -0.15) is 4.98 Å². The molecule has 2 rings (SSSR count). The van der Waals surface area contributed by atoms with E-state index in [0.717, 1.165) is 6.07 Å². The molecule has 0 atom stereocenters. The van der Waals surface area contributed by atoms with Gasteiger partial charge in [0.05, 0.1) is 0 Å². The predicted molar refractivity (Wildman–Crippen MR) is 64.6 cm³/mol. The molecule has 0 aliphatic heterocycles. The van der Waals surface area contributed by atoms with Crippen molar-refractivity contribution in [2.24, 2.45) is 0 Å². The van der Waals surface area contributed by atoms with Crippen molar-refractivity contribution in [3.63, 3.8) is 0 Å². The van der Waals surface area contributed by atoms with E-state index < -0.39 is 17.6 Å². The maximum atomic E-state index is 12.1. The fraction of sp³-hybridized carbons (Fsp3) is 0.417. The van der Waals surface area contributed by atoms with Gasteiger partial charge in [0.1, 0.15) is 11.2 Å². The lowest BCUT2D eigenvalue weighted by Gasteiger charge is -2.04. The van der Waals surface area contributed by atoms with Gasteiger partial charge in [0, 0.05) is 12.5 Å². The minimum Gasteiger partial charge on any atom is -0.403 e. The fourth-order valence-corrected chi connectivity index (χ4v) is 1.90. The summed E-state index contributed by atoms with van der Waals surface area (Å²) in [6.07, 6.45) is -2.28. The third-order valence-corrected chi connectivity index (χ3v) is 2.68. The molecule has 0 aromatic carbocycles. The predicted octanol–water partition coefficient (Wildman–Crippen LogP) is 1.77. The number of nitrogens with one attached hydrogen (secondary N) is 1. The molecular weight excluding hydrogens is 258 g/mol. The molecule has 2 aromatic rings. The van der Waals surface area contributed by atoms with Gasteiger partial charge in [-0.25, -0.2) is 13.6 Å². The Balaban J connectivity index is 2.48. The monoisotopic (exact) mass is 270 g/mol. The number of fused-ring (bicyclic) bond motifs is 1. The highest BCUT2D eigenvalue weighted by atomic mass is 19.3. The molecule has 0 saturated heterocycles. The highest BCUT2D eigenvalue weighted by molar-refractivity contribution is 5.75. The quantitative estimate of drug-likeness (QED) is 0.918. The Morgan fingerprint density at radius 1 is 1.42 bits per heavy atom. The second-order valence-corrected chi connectivity index (χ2v) is 4.21. The summed E-state index contributed by atoms with van der Waals surface area (Å²) in [6.45, 7) is 1.56. The average molecular weight is 270 g/mol. The first-order valence-electron chi connectivity index (χ1n) is 5.79. The van der Waals surface area contributed by atoms with Gasteiger partial charge in [-0.05, 0) is 25.3 Å². The Morgan fingerprint density at radius 3 is 2.84 bits per heavy atom. The van der Waals surface area contributed by atoms with Crippen LogP contribution in [0.25, 0.3) is 11.1 Å². The molecule has 1 N–H and O–H groups in total. The van der Waals surface area contributed by atoms with Crippen LogP contribution in [0, 0.1) is 6.92 Å². The lowest BCUT2D eigenvalue weighted by Crippen LogP contribution is -2.15. The van der Waals surface area contributed by atoms with Crippen molar-refractivity contribution >= 4 is 11.1 Å². The van der Waals surface area contributed by atoms with E-state index in [1.165, 1.54) is 0 Å². The van der Waals surface area contributed by atoms with Crippen molar-refractivity contribution in [3.8, 4) is 0 Å². The van der Waals surface area contributed by atoms with Crippen LogP contribution >= 0.6 is 0 Å². The molecule has 2 heterocycles. The zero-order valence-electron chi connectivity index (χ0n) is 10.2. The number of H-pyrrole nitrogens is 1. The van der Waals surface area contributed by atoms with E-state index in [9.17, 15) is 18.4 Å². The molecule has 0 radical (unpaired) electrons. The molecule has 102 valence electrons. The third kappa shape index (κ3) is 3.04. The first-order chi connectivity index (χ1) is 8.97. The van der Waals surface area contributed by atoms with Crippen LogP contribution in [0.3, 0.4) is 0 Å². The minimum absolute atomic E-state index is 0.0548. The SMILES string of the molecule is Cc1nc2oc(=O)cc(CCCC(F)F)c2c(=O)[nH]1. The lowest BCUT2D eigenvalue weighted by molar-refractivity contribution is 0.135. The van der Waals surface area contributed by atoms with E-state index >= 15 is 0 Å². The fourth-order valence-electron chi connectivity index (χ4n) is 1.90. The maximum absolute atomic E-state index is 12.1. The first-order valence-corrected chi connectivity index (χ1v) is 5.79. The number of hydrogen-bond acceptors (Lipinski definition) is 4. The molecule has 0 aliphatic carbocycles. The highest BCUT2D eigenvalue weighted by Gasteiger charge is 2.12. The van der Waals surface area contributed by atoms with E-state index in [-0.39, 0.29) is 30.4 Å². The van der Waals surface area contributed by atoms with E-state index in [1.807, 2.05) is 0 Å². The van der Waals surface area contributed by atoms with Gasteiger partial charge in [-0.15, -0.1) is 0 Å². The molecular formula is C12H12F2N2O3. The normalized spacial score (nSPS) is 11.4. The molecule has 0 unspecified atom stereocenters. The highest BCUT2D eigenvalue weighted by Crippen LogP contribution is 2.14. The van der Waals surface area contributed by atoms with Crippen LogP contribution in [0.2, 0.25) is 0 Å². The zero-order valence-corrected chi connectivity index (χ0v) is 10.2. The summed E-state index contributed by atoms with van der Waals surface area (Å²) in [5.74, 6) is 0.324.